The Morgan fingerprint density at radius 2 is 1.80 bits per heavy atom. The zero-order valence-electron chi connectivity index (χ0n) is 6.48. The van der Waals surface area contributed by atoms with Gasteiger partial charge in [0, 0.05) is 0 Å². The van der Waals surface area contributed by atoms with Crippen LogP contribution in [0.3, 0.4) is 0 Å². The lowest BCUT2D eigenvalue weighted by Gasteiger charge is -2.07. The fraction of sp³-hybridized carbons (Fsp3) is 1.00. The first-order valence-electron chi connectivity index (χ1n) is 4.22. The molecule has 1 fully saturated rings. The molecule has 0 unspecified atom stereocenters. The Kier molecular flexibility index (Phi) is 5.33. The molecule has 0 aliphatic carbocycles. The summed E-state index contributed by atoms with van der Waals surface area (Å²) in [6.07, 6.45) is 10.8. The van der Waals surface area contributed by atoms with Gasteiger partial charge in [-0.1, -0.05) is 22.6 Å². The van der Waals surface area contributed by atoms with Crippen LogP contribution in [0.5, 0.6) is 0 Å². The van der Waals surface area contributed by atoms with E-state index in [1.54, 1.807) is 18.5 Å². The average Bonchev–Trinajstić information content (AvgIpc) is 2.41. The van der Waals surface area contributed by atoms with Crippen LogP contribution in [-0.2, 0) is 0 Å². The monoisotopic (exact) mass is 270 g/mol. The van der Waals surface area contributed by atoms with Crippen LogP contribution in [-0.4, -0.2) is 22.9 Å². The highest BCUT2D eigenvalue weighted by molar-refractivity contribution is 14.1. The fourth-order valence-corrected chi connectivity index (χ4v) is 4.66. The molecule has 0 N–H and O–H groups in total. The second-order valence-corrected chi connectivity index (χ2v) is 6.71. The summed E-state index contributed by atoms with van der Waals surface area (Å²) in [6, 6.07) is 0. The SMILES string of the molecule is ICCCCP1CCCC1. The molecular formula is C8H16IP. The van der Waals surface area contributed by atoms with Crippen molar-refractivity contribution in [1.29, 1.82) is 0 Å². The third-order valence-electron chi connectivity index (χ3n) is 2.06. The molecule has 2 heteroatoms. The summed E-state index contributed by atoms with van der Waals surface area (Å²) in [5.74, 6) is 0. The fourth-order valence-electron chi connectivity index (χ4n) is 1.44. The zero-order valence-corrected chi connectivity index (χ0v) is 9.53. The summed E-state index contributed by atoms with van der Waals surface area (Å²) in [4.78, 5) is 0. The van der Waals surface area contributed by atoms with E-state index in [0.29, 0.717) is 7.92 Å². The lowest BCUT2D eigenvalue weighted by Crippen LogP contribution is -1.86. The molecule has 10 heavy (non-hydrogen) atoms. The number of halogens is 1. The molecule has 0 atom stereocenters. The molecule has 60 valence electrons. The zero-order chi connectivity index (χ0) is 7.23. The van der Waals surface area contributed by atoms with Crippen LogP contribution in [0, 0.1) is 0 Å². The minimum atomic E-state index is 0.540. The van der Waals surface area contributed by atoms with Gasteiger partial charge in [0.2, 0.25) is 0 Å². The highest BCUT2D eigenvalue weighted by Crippen LogP contribution is 2.43. The van der Waals surface area contributed by atoms with E-state index in [9.17, 15) is 0 Å². The maximum absolute atomic E-state index is 2.48. The first kappa shape index (κ1) is 9.25. The molecule has 1 aliphatic rings. The smallest absolute Gasteiger partial charge is 0.000460 e. The van der Waals surface area contributed by atoms with E-state index >= 15 is 0 Å². The molecule has 0 bridgehead atoms. The molecular weight excluding hydrogens is 254 g/mol. The van der Waals surface area contributed by atoms with Crippen molar-refractivity contribution in [1.82, 2.24) is 0 Å². The third kappa shape index (κ3) is 3.52. The average molecular weight is 270 g/mol. The van der Waals surface area contributed by atoms with Gasteiger partial charge in [-0.3, -0.25) is 0 Å². The molecule has 0 saturated carbocycles. The molecule has 0 spiro atoms. The molecule has 1 aliphatic heterocycles. The maximum Gasteiger partial charge on any atom is -0.000460 e. The van der Waals surface area contributed by atoms with Crippen molar-refractivity contribution in [3.8, 4) is 0 Å². The molecule has 0 radical (unpaired) electrons. The topological polar surface area (TPSA) is 0 Å². The number of alkyl halides is 1. The van der Waals surface area contributed by atoms with Crippen LogP contribution in [0.15, 0.2) is 0 Å². The lowest BCUT2D eigenvalue weighted by atomic mass is 10.4. The van der Waals surface area contributed by atoms with Gasteiger partial charge in [-0.15, -0.1) is 7.92 Å². The predicted octanol–water partition coefficient (Wildman–Crippen LogP) is 3.48. The van der Waals surface area contributed by atoms with Crippen LogP contribution < -0.4 is 0 Å². The summed E-state index contributed by atoms with van der Waals surface area (Å²) in [5, 5.41) is 0. The highest BCUT2D eigenvalue weighted by atomic mass is 127. The van der Waals surface area contributed by atoms with Crippen molar-refractivity contribution in [2.45, 2.75) is 25.7 Å². The summed E-state index contributed by atoms with van der Waals surface area (Å²) < 4.78 is 1.36. The molecule has 1 rings (SSSR count). The van der Waals surface area contributed by atoms with Gasteiger partial charge in [0.15, 0.2) is 0 Å². The predicted molar refractivity (Wildman–Crippen MR) is 58.9 cm³/mol. The van der Waals surface area contributed by atoms with Crippen molar-refractivity contribution in [3.05, 3.63) is 0 Å². The number of hydrogen-bond acceptors (Lipinski definition) is 0. The number of rotatable bonds is 4. The minimum Gasteiger partial charge on any atom is -0.107 e. The van der Waals surface area contributed by atoms with Gasteiger partial charge >= 0.3 is 0 Å². The summed E-state index contributed by atoms with van der Waals surface area (Å²) in [6.45, 7) is 0. The first-order valence-corrected chi connectivity index (χ1v) is 7.64. The minimum absolute atomic E-state index is 0.540. The van der Waals surface area contributed by atoms with E-state index in [4.69, 9.17) is 0 Å². The molecule has 0 aromatic heterocycles. The van der Waals surface area contributed by atoms with E-state index in [0.717, 1.165) is 0 Å². The van der Waals surface area contributed by atoms with Gasteiger partial charge in [-0.25, -0.2) is 0 Å². The Hall–Kier alpha value is 1.16. The summed E-state index contributed by atoms with van der Waals surface area (Å²) in [5.41, 5.74) is 0. The quantitative estimate of drug-likeness (QED) is 0.317. The van der Waals surface area contributed by atoms with Crippen molar-refractivity contribution in [3.63, 3.8) is 0 Å². The number of unbranched alkanes of at least 4 members (excludes halogenated alkanes) is 1. The third-order valence-corrected chi connectivity index (χ3v) is 5.67. The van der Waals surface area contributed by atoms with Gasteiger partial charge in [0.25, 0.3) is 0 Å². The molecule has 0 amide bonds. The van der Waals surface area contributed by atoms with Crippen molar-refractivity contribution >= 4 is 30.5 Å². The summed E-state index contributed by atoms with van der Waals surface area (Å²) in [7, 11) is 0.540. The van der Waals surface area contributed by atoms with Crippen LogP contribution >= 0.6 is 30.5 Å². The Bertz CT molecular complexity index is 79.3. The van der Waals surface area contributed by atoms with E-state index in [1.165, 1.54) is 30.1 Å². The molecule has 0 aromatic carbocycles. The van der Waals surface area contributed by atoms with E-state index in [1.807, 2.05) is 0 Å². The van der Waals surface area contributed by atoms with Crippen LogP contribution in [0.25, 0.3) is 0 Å². The van der Waals surface area contributed by atoms with Crippen LogP contribution in [0.2, 0.25) is 0 Å². The summed E-state index contributed by atoms with van der Waals surface area (Å²) >= 11 is 2.48. The van der Waals surface area contributed by atoms with Gasteiger partial charge in [0.05, 0.1) is 0 Å². The Labute approximate surface area is 79.0 Å². The van der Waals surface area contributed by atoms with E-state index < -0.39 is 0 Å². The standard InChI is InChI=1S/C8H16IP/c9-5-1-2-6-10-7-3-4-8-10/h1-8H2. The molecule has 0 aromatic rings. The number of hydrogen-bond donors (Lipinski definition) is 0. The second-order valence-electron chi connectivity index (χ2n) is 2.94. The van der Waals surface area contributed by atoms with E-state index in [-0.39, 0.29) is 0 Å². The van der Waals surface area contributed by atoms with Gasteiger partial charge < -0.3 is 0 Å². The van der Waals surface area contributed by atoms with Crippen LogP contribution in [0.4, 0.5) is 0 Å². The normalized spacial score (nSPS) is 20.1. The maximum atomic E-state index is 2.48. The van der Waals surface area contributed by atoms with Crippen molar-refractivity contribution in [2.75, 3.05) is 22.9 Å². The largest absolute Gasteiger partial charge is 0.107 e. The highest BCUT2D eigenvalue weighted by Gasteiger charge is 2.12. The first-order chi connectivity index (χ1) is 4.93. The van der Waals surface area contributed by atoms with Crippen LogP contribution in [0.1, 0.15) is 25.7 Å². The van der Waals surface area contributed by atoms with Crippen molar-refractivity contribution in [2.24, 2.45) is 0 Å². The van der Waals surface area contributed by atoms with Gasteiger partial charge in [-0.05, 0) is 48.6 Å². The molecule has 1 saturated heterocycles. The van der Waals surface area contributed by atoms with Gasteiger partial charge in [-0.2, -0.15) is 0 Å². The molecule has 0 nitrogen and oxygen atoms in total. The molecule has 1 heterocycles. The Morgan fingerprint density at radius 3 is 2.40 bits per heavy atom. The Balaban J connectivity index is 1.91. The lowest BCUT2D eigenvalue weighted by molar-refractivity contribution is 0.912. The van der Waals surface area contributed by atoms with Crippen molar-refractivity contribution < 1.29 is 0 Å². The van der Waals surface area contributed by atoms with E-state index in [2.05, 4.69) is 22.6 Å². The van der Waals surface area contributed by atoms with Gasteiger partial charge in [0.1, 0.15) is 0 Å². The Morgan fingerprint density at radius 1 is 1.10 bits per heavy atom. The second kappa shape index (κ2) is 5.77.